The van der Waals surface area contributed by atoms with E-state index in [1.54, 1.807) is 26.6 Å². The SMILES string of the molecule is CO[C@H]1C[C@H](c2nc(CCn3ccnc3)nn2-c2cc(C)ccc2C)N(C(C)=O)C1. The molecular weight excluding hydrogens is 380 g/mol. The van der Waals surface area contributed by atoms with Crippen LogP contribution in [0, 0.1) is 13.8 Å². The van der Waals surface area contributed by atoms with Gasteiger partial charge in [0.2, 0.25) is 5.91 Å². The number of rotatable bonds is 6. The highest BCUT2D eigenvalue weighted by molar-refractivity contribution is 5.74. The average Bonchev–Trinajstić information content (AvgIpc) is 3.46. The quantitative estimate of drug-likeness (QED) is 0.627. The van der Waals surface area contributed by atoms with Gasteiger partial charge in [0.25, 0.3) is 0 Å². The lowest BCUT2D eigenvalue weighted by atomic mass is 10.1. The molecule has 1 saturated heterocycles. The predicted octanol–water partition coefficient (Wildman–Crippen LogP) is 2.63. The summed E-state index contributed by atoms with van der Waals surface area (Å²) in [4.78, 5) is 23.2. The molecule has 1 aromatic carbocycles. The molecule has 3 aromatic rings. The van der Waals surface area contributed by atoms with Gasteiger partial charge in [-0.25, -0.2) is 14.6 Å². The number of hydrogen-bond acceptors (Lipinski definition) is 5. The highest BCUT2D eigenvalue weighted by Gasteiger charge is 2.38. The predicted molar refractivity (Wildman–Crippen MR) is 112 cm³/mol. The van der Waals surface area contributed by atoms with Crippen LogP contribution in [0.15, 0.2) is 36.9 Å². The molecule has 4 rings (SSSR count). The van der Waals surface area contributed by atoms with E-state index >= 15 is 0 Å². The minimum atomic E-state index is -0.165. The van der Waals surface area contributed by atoms with Crippen molar-refractivity contribution < 1.29 is 9.53 Å². The van der Waals surface area contributed by atoms with Crippen molar-refractivity contribution >= 4 is 5.91 Å². The van der Waals surface area contributed by atoms with Gasteiger partial charge in [0.15, 0.2) is 11.6 Å². The van der Waals surface area contributed by atoms with Gasteiger partial charge in [0.05, 0.1) is 24.2 Å². The summed E-state index contributed by atoms with van der Waals surface area (Å²) in [7, 11) is 1.69. The molecule has 0 N–H and O–H groups in total. The van der Waals surface area contributed by atoms with Crippen molar-refractivity contribution in [3.05, 3.63) is 59.7 Å². The number of benzene rings is 1. The molecule has 0 saturated carbocycles. The van der Waals surface area contributed by atoms with Crippen LogP contribution in [0.25, 0.3) is 5.69 Å². The number of nitrogens with zero attached hydrogens (tertiary/aromatic N) is 6. The van der Waals surface area contributed by atoms with Crippen LogP contribution in [0.1, 0.15) is 42.2 Å². The molecule has 2 atom stereocenters. The van der Waals surface area contributed by atoms with Gasteiger partial charge in [0.1, 0.15) is 0 Å². The van der Waals surface area contributed by atoms with Gasteiger partial charge in [-0.05, 0) is 31.0 Å². The monoisotopic (exact) mass is 408 g/mol. The molecule has 2 aromatic heterocycles. The van der Waals surface area contributed by atoms with Crippen molar-refractivity contribution in [3.63, 3.8) is 0 Å². The van der Waals surface area contributed by atoms with Crippen molar-refractivity contribution in [1.82, 2.24) is 29.2 Å². The Morgan fingerprint density at radius 2 is 2.13 bits per heavy atom. The minimum absolute atomic E-state index is 0.00273. The normalized spacial score (nSPS) is 18.9. The third-order valence-electron chi connectivity index (χ3n) is 5.72. The van der Waals surface area contributed by atoms with E-state index in [-0.39, 0.29) is 18.1 Å². The molecule has 1 aliphatic heterocycles. The first-order chi connectivity index (χ1) is 14.5. The molecule has 8 nitrogen and oxygen atoms in total. The first kappa shape index (κ1) is 20.3. The van der Waals surface area contributed by atoms with Crippen LogP contribution in [0.2, 0.25) is 0 Å². The molecule has 0 spiro atoms. The summed E-state index contributed by atoms with van der Waals surface area (Å²) in [6, 6.07) is 6.14. The molecule has 8 heteroatoms. The second-order valence-electron chi connectivity index (χ2n) is 7.92. The second-order valence-corrected chi connectivity index (χ2v) is 7.92. The Labute approximate surface area is 176 Å². The van der Waals surface area contributed by atoms with E-state index in [0.29, 0.717) is 19.4 Å². The number of hydrogen-bond donors (Lipinski definition) is 0. The maximum atomic E-state index is 12.4. The number of likely N-dealkylation sites (tertiary alicyclic amines) is 1. The van der Waals surface area contributed by atoms with E-state index in [0.717, 1.165) is 35.0 Å². The van der Waals surface area contributed by atoms with E-state index in [1.165, 1.54) is 0 Å². The van der Waals surface area contributed by atoms with Crippen LogP contribution in [0.5, 0.6) is 0 Å². The molecule has 0 unspecified atom stereocenters. The topological polar surface area (TPSA) is 78.1 Å². The first-order valence-electron chi connectivity index (χ1n) is 10.3. The Morgan fingerprint density at radius 1 is 1.30 bits per heavy atom. The highest BCUT2D eigenvalue weighted by atomic mass is 16.5. The summed E-state index contributed by atoms with van der Waals surface area (Å²) in [5.74, 6) is 1.57. The highest BCUT2D eigenvalue weighted by Crippen LogP contribution is 2.34. The van der Waals surface area contributed by atoms with Crippen LogP contribution in [0.4, 0.5) is 0 Å². The Kier molecular flexibility index (Phi) is 5.67. The van der Waals surface area contributed by atoms with Crippen LogP contribution in [0.3, 0.4) is 0 Å². The van der Waals surface area contributed by atoms with Crippen molar-refractivity contribution in [2.75, 3.05) is 13.7 Å². The zero-order valence-corrected chi connectivity index (χ0v) is 17.9. The third-order valence-corrected chi connectivity index (χ3v) is 5.72. The maximum Gasteiger partial charge on any atom is 0.220 e. The van der Waals surface area contributed by atoms with Gasteiger partial charge >= 0.3 is 0 Å². The summed E-state index contributed by atoms with van der Waals surface area (Å²) >= 11 is 0. The molecular formula is C22H28N6O2. The number of aromatic nitrogens is 5. The number of carbonyl (C=O) groups is 1. The summed E-state index contributed by atoms with van der Waals surface area (Å²) in [6.45, 7) is 7.06. The fourth-order valence-electron chi connectivity index (χ4n) is 4.02. The molecule has 158 valence electrons. The lowest BCUT2D eigenvalue weighted by Gasteiger charge is -2.23. The maximum absolute atomic E-state index is 12.4. The number of amides is 1. The smallest absolute Gasteiger partial charge is 0.220 e. The Hall–Kier alpha value is -3.00. The molecule has 0 aliphatic carbocycles. The number of carbonyl (C=O) groups excluding carboxylic acids is 1. The van der Waals surface area contributed by atoms with Crippen molar-refractivity contribution in [2.24, 2.45) is 0 Å². The van der Waals surface area contributed by atoms with Crippen LogP contribution >= 0.6 is 0 Å². The molecule has 3 heterocycles. The van der Waals surface area contributed by atoms with Crippen LogP contribution in [-0.2, 0) is 22.5 Å². The zero-order valence-electron chi connectivity index (χ0n) is 17.9. The fourth-order valence-corrected chi connectivity index (χ4v) is 4.02. The number of ether oxygens (including phenoxy) is 1. The van der Waals surface area contributed by atoms with Crippen LogP contribution in [-0.4, -0.2) is 54.9 Å². The lowest BCUT2D eigenvalue weighted by molar-refractivity contribution is -0.130. The average molecular weight is 409 g/mol. The zero-order chi connectivity index (χ0) is 21.3. The van der Waals surface area contributed by atoms with Crippen molar-refractivity contribution in [3.8, 4) is 5.69 Å². The number of aryl methyl sites for hydroxylation is 4. The van der Waals surface area contributed by atoms with E-state index in [4.69, 9.17) is 14.8 Å². The third kappa shape index (κ3) is 4.00. The number of methoxy groups -OCH3 is 1. The summed E-state index contributed by atoms with van der Waals surface area (Å²) in [5.41, 5.74) is 3.26. The Balaban J connectivity index is 1.75. The largest absolute Gasteiger partial charge is 0.380 e. The summed E-state index contributed by atoms with van der Waals surface area (Å²) in [5, 5.41) is 4.86. The minimum Gasteiger partial charge on any atom is -0.380 e. The van der Waals surface area contributed by atoms with Gasteiger partial charge < -0.3 is 14.2 Å². The molecule has 0 radical (unpaired) electrons. The summed E-state index contributed by atoms with van der Waals surface area (Å²) in [6.07, 6.45) is 6.88. The molecule has 0 bridgehead atoms. The Morgan fingerprint density at radius 3 is 2.83 bits per heavy atom. The van der Waals surface area contributed by atoms with E-state index in [2.05, 4.69) is 37.0 Å². The first-order valence-corrected chi connectivity index (χ1v) is 10.3. The van der Waals surface area contributed by atoms with E-state index < -0.39 is 0 Å². The molecule has 1 fully saturated rings. The fraction of sp³-hybridized carbons (Fsp3) is 0.455. The van der Waals surface area contributed by atoms with E-state index in [1.807, 2.05) is 20.3 Å². The summed E-state index contributed by atoms with van der Waals surface area (Å²) < 4.78 is 9.50. The second kappa shape index (κ2) is 8.39. The van der Waals surface area contributed by atoms with Gasteiger partial charge in [-0.1, -0.05) is 12.1 Å². The van der Waals surface area contributed by atoms with Gasteiger partial charge in [-0.3, -0.25) is 4.79 Å². The Bertz CT molecular complexity index is 1030. The molecule has 1 aliphatic rings. The van der Waals surface area contributed by atoms with Crippen LogP contribution < -0.4 is 0 Å². The van der Waals surface area contributed by atoms with Gasteiger partial charge in [-0.2, -0.15) is 5.10 Å². The molecule has 1 amide bonds. The lowest BCUT2D eigenvalue weighted by Crippen LogP contribution is -2.31. The number of imidazole rings is 1. The van der Waals surface area contributed by atoms with Gasteiger partial charge in [-0.15, -0.1) is 0 Å². The standard InChI is InChI=1S/C22H28N6O2/c1-15-5-6-16(2)19(11-15)28-22(20-12-18(30-4)13-27(20)17(3)29)24-21(25-28)7-9-26-10-8-23-14-26/h5-6,8,10-11,14,18,20H,7,9,12-13H2,1-4H3/t18-,20+/m0/s1. The van der Waals surface area contributed by atoms with Crippen molar-refractivity contribution in [2.45, 2.75) is 52.3 Å². The molecule has 30 heavy (non-hydrogen) atoms. The van der Waals surface area contributed by atoms with Gasteiger partial charge in [0, 0.05) is 52.4 Å². The van der Waals surface area contributed by atoms with E-state index in [9.17, 15) is 4.79 Å². The van der Waals surface area contributed by atoms with Crippen molar-refractivity contribution in [1.29, 1.82) is 0 Å².